The number of halogens is 1. The molecule has 0 bridgehead atoms. The Morgan fingerprint density at radius 2 is 1.95 bits per heavy atom. The normalized spacial score (nSPS) is 10.7. The average Bonchev–Trinajstić information content (AvgIpc) is 2.47. The van der Waals surface area contributed by atoms with Crippen LogP contribution in [0.25, 0.3) is 6.08 Å². The van der Waals surface area contributed by atoms with Crippen molar-refractivity contribution in [1.82, 2.24) is 10.3 Å². The lowest BCUT2D eigenvalue weighted by Crippen LogP contribution is -2.23. The Morgan fingerprint density at radius 3 is 2.70 bits per heavy atom. The van der Waals surface area contributed by atoms with Crippen molar-refractivity contribution in [1.29, 1.82) is 0 Å². The summed E-state index contributed by atoms with van der Waals surface area (Å²) in [6.45, 7) is 0.532. The van der Waals surface area contributed by atoms with Crippen LogP contribution in [0.1, 0.15) is 11.1 Å². The van der Waals surface area contributed by atoms with E-state index in [0.717, 1.165) is 12.0 Å². The Kier molecular flexibility index (Phi) is 5.00. The van der Waals surface area contributed by atoms with Crippen LogP contribution in [-0.2, 0) is 11.2 Å². The number of amides is 1. The SMILES string of the molecule is O=C(C=Cc1ccccc1F)NCCc1ccncc1. The first-order valence-electron chi connectivity index (χ1n) is 6.35. The number of hydrogen-bond donors (Lipinski definition) is 1. The van der Waals surface area contributed by atoms with E-state index in [4.69, 9.17) is 0 Å². The maximum absolute atomic E-state index is 13.3. The van der Waals surface area contributed by atoms with Crippen molar-refractivity contribution in [2.75, 3.05) is 6.54 Å². The van der Waals surface area contributed by atoms with Gasteiger partial charge in [0, 0.05) is 30.6 Å². The molecule has 0 aliphatic rings. The summed E-state index contributed by atoms with van der Waals surface area (Å²) in [4.78, 5) is 15.5. The molecule has 0 atom stereocenters. The van der Waals surface area contributed by atoms with E-state index in [2.05, 4.69) is 10.3 Å². The van der Waals surface area contributed by atoms with Crippen LogP contribution in [0.5, 0.6) is 0 Å². The minimum atomic E-state index is -0.340. The first kappa shape index (κ1) is 13.9. The lowest BCUT2D eigenvalue weighted by atomic mass is 10.2. The monoisotopic (exact) mass is 270 g/mol. The van der Waals surface area contributed by atoms with Gasteiger partial charge in [0.15, 0.2) is 0 Å². The summed E-state index contributed by atoms with van der Waals surface area (Å²) < 4.78 is 13.3. The molecule has 0 fully saturated rings. The van der Waals surface area contributed by atoms with Crippen LogP contribution in [0.15, 0.2) is 54.9 Å². The molecule has 20 heavy (non-hydrogen) atoms. The first-order valence-corrected chi connectivity index (χ1v) is 6.35. The summed E-state index contributed by atoms with van der Waals surface area (Å²) in [6, 6.07) is 10.1. The molecular formula is C16H15FN2O. The summed E-state index contributed by atoms with van der Waals surface area (Å²) in [7, 11) is 0. The van der Waals surface area contributed by atoms with E-state index in [-0.39, 0.29) is 11.7 Å². The van der Waals surface area contributed by atoms with E-state index in [1.54, 1.807) is 30.6 Å². The summed E-state index contributed by atoms with van der Waals surface area (Å²) in [5.74, 6) is -0.573. The fourth-order valence-corrected chi connectivity index (χ4v) is 1.71. The minimum Gasteiger partial charge on any atom is -0.352 e. The van der Waals surface area contributed by atoms with Gasteiger partial charge in [0.1, 0.15) is 5.82 Å². The molecule has 1 heterocycles. The molecule has 2 aromatic rings. The van der Waals surface area contributed by atoms with Crippen LogP contribution < -0.4 is 5.32 Å². The largest absolute Gasteiger partial charge is 0.352 e. The number of rotatable bonds is 5. The number of carbonyl (C=O) groups is 1. The van der Waals surface area contributed by atoms with E-state index in [9.17, 15) is 9.18 Å². The van der Waals surface area contributed by atoms with Gasteiger partial charge in [0.2, 0.25) is 5.91 Å². The Morgan fingerprint density at radius 1 is 1.20 bits per heavy atom. The summed E-state index contributed by atoms with van der Waals surface area (Å²) >= 11 is 0. The fraction of sp³-hybridized carbons (Fsp3) is 0.125. The highest BCUT2D eigenvalue weighted by atomic mass is 19.1. The topological polar surface area (TPSA) is 42.0 Å². The van der Waals surface area contributed by atoms with E-state index >= 15 is 0 Å². The molecule has 1 amide bonds. The summed E-state index contributed by atoms with van der Waals surface area (Å²) in [6.07, 6.45) is 6.98. The molecule has 4 heteroatoms. The maximum atomic E-state index is 13.3. The number of pyridine rings is 1. The van der Waals surface area contributed by atoms with E-state index in [1.165, 1.54) is 18.2 Å². The van der Waals surface area contributed by atoms with E-state index < -0.39 is 0 Å². The van der Waals surface area contributed by atoms with Crippen LogP contribution in [0, 0.1) is 5.82 Å². The predicted molar refractivity (Wildman–Crippen MR) is 76.4 cm³/mol. The molecule has 0 aliphatic heterocycles. The fourth-order valence-electron chi connectivity index (χ4n) is 1.71. The lowest BCUT2D eigenvalue weighted by Gasteiger charge is -2.02. The smallest absolute Gasteiger partial charge is 0.244 e. The van der Waals surface area contributed by atoms with Gasteiger partial charge in [-0.25, -0.2) is 4.39 Å². The second-order valence-electron chi connectivity index (χ2n) is 4.25. The van der Waals surface area contributed by atoms with Gasteiger partial charge in [0.05, 0.1) is 0 Å². The van der Waals surface area contributed by atoms with Gasteiger partial charge in [-0.05, 0) is 36.3 Å². The number of aromatic nitrogens is 1. The first-order chi connectivity index (χ1) is 9.75. The predicted octanol–water partition coefficient (Wildman–Crippen LogP) is 2.59. The highest BCUT2D eigenvalue weighted by Crippen LogP contribution is 2.07. The molecule has 0 spiro atoms. The molecule has 0 saturated heterocycles. The molecule has 1 N–H and O–H groups in total. The van der Waals surface area contributed by atoms with Crippen LogP contribution in [0.3, 0.4) is 0 Å². The Bertz CT molecular complexity index is 596. The third-order valence-electron chi connectivity index (χ3n) is 2.78. The minimum absolute atomic E-state index is 0.234. The number of carbonyl (C=O) groups excluding carboxylic acids is 1. The van der Waals surface area contributed by atoms with Crippen molar-refractivity contribution in [2.24, 2.45) is 0 Å². The van der Waals surface area contributed by atoms with Crippen LogP contribution in [0.2, 0.25) is 0 Å². The highest BCUT2D eigenvalue weighted by Gasteiger charge is 1.98. The zero-order valence-corrected chi connectivity index (χ0v) is 10.9. The van der Waals surface area contributed by atoms with E-state index in [1.807, 2.05) is 12.1 Å². The van der Waals surface area contributed by atoms with Crippen molar-refractivity contribution < 1.29 is 9.18 Å². The van der Waals surface area contributed by atoms with Crippen LogP contribution in [0.4, 0.5) is 4.39 Å². The molecule has 3 nitrogen and oxygen atoms in total. The van der Waals surface area contributed by atoms with Crippen molar-refractivity contribution in [3.8, 4) is 0 Å². The zero-order valence-electron chi connectivity index (χ0n) is 10.9. The van der Waals surface area contributed by atoms with E-state index in [0.29, 0.717) is 12.1 Å². The van der Waals surface area contributed by atoms with Crippen LogP contribution >= 0.6 is 0 Å². The highest BCUT2D eigenvalue weighted by molar-refractivity contribution is 5.91. The van der Waals surface area contributed by atoms with Gasteiger partial charge in [0.25, 0.3) is 0 Å². The summed E-state index contributed by atoms with van der Waals surface area (Å²) in [5.41, 5.74) is 1.51. The van der Waals surface area contributed by atoms with Crippen molar-refractivity contribution in [3.63, 3.8) is 0 Å². The molecule has 0 radical (unpaired) electrons. The average molecular weight is 270 g/mol. The molecule has 0 unspecified atom stereocenters. The molecule has 0 saturated carbocycles. The van der Waals surface area contributed by atoms with Gasteiger partial charge in [-0.3, -0.25) is 9.78 Å². The van der Waals surface area contributed by atoms with Crippen molar-refractivity contribution in [2.45, 2.75) is 6.42 Å². The second-order valence-corrected chi connectivity index (χ2v) is 4.25. The van der Waals surface area contributed by atoms with Gasteiger partial charge in [-0.15, -0.1) is 0 Å². The Hall–Kier alpha value is -2.49. The molecule has 102 valence electrons. The number of hydrogen-bond acceptors (Lipinski definition) is 2. The third-order valence-corrected chi connectivity index (χ3v) is 2.78. The second kappa shape index (κ2) is 7.19. The maximum Gasteiger partial charge on any atom is 0.244 e. The lowest BCUT2D eigenvalue weighted by molar-refractivity contribution is -0.116. The van der Waals surface area contributed by atoms with Crippen molar-refractivity contribution in [3.05, 3.63) is 71.8 Å². The molecule has 1 aromatic carbocycles. The zero-order chi connectivity index (χ0) is 14.2. The molecule has 2 rings (SSSR count). The molecular weight excluding hydrogens is 255 g/mol. The quantitative estimate of drug-likeness (QED) is 0.848. The Labute approximate surface area is 117 Å². The molecule has 0 aliphatic carbocycles. The third kappa shape index (κ3) is 4.31. The van der Waals surface area contributed by atoms with Gasteiger partial charge in [-0.2, -0.15) is 0 Å². The van der Waals surface area contributed by atoms with Crippen molar-refractivity contribution >= 4 is 12.0 Å². The van der Waals surface area contributed by atoms with Gasteiger partial charge >= 0.3 is 0 Å². The van der Waals surface area contributed by atoms with Crippen LogP contribution in [-0.4, -0.2) is 17.4 Å². The number of benzene rings is 1. The standard InChI is InChI=1S/C16H15FN2O/c17-15-4-2-1-3-14(15)5-6-16(20)19-12-9-13-7-10-18-11-8-13/h1-8,10-11H,9,12H2,(H,19,20). The van der Waals surface area contributed by atoms with Gasteiger partial charge in [-0.1, -0.05) is 18.2 Å². The Balaban J connectivity index is 1.80. The molecule has 1 aromatic heterocycles. The summed E-state index contributed by atoms with van der Waals surface area (Å²) in [5, 5.41) is 2.75. The number of nitrogens with zero attached hydrogens (tertiary/aromatic N) is 1. The number of nitrogens with one attached hydrogen (secondary N) is 1. The van der Waals surface area contributed by atoms with Gasteiger partial charge < -0.3 is 5.32 Å².